The molecule has 0 fully saturated rings. The topological polar surface area (TPSA) is 56.2 Å². The average Bonchev–Trinajstić information content (AvgIpc) is 2.88. The largest absolute Gasteiger partial charge is 0.456 e. The molecule has 0 saturated heterocycles. The molecule has 2 heterocycles. The van der Waals surface area contributed by atoms with E-state index in [0.717, 1.165) is 0 Å². The van der Waals surface area contributed by atoms with E-state index in [2.05, 4.69) is 0 Å². The van der Waals surface area contributed by atoms with Crippen LogP contribution in [0.5, 0.6) is 0 Å². The molecular weight excluding hydrogens is 198 g/mol. The first kappa shape index (κ1) is 9.18. The number of nitrogens with two attached hydrogens (primary N) is 1. The summed E-state index contributed by atoms with van der Waals surface area (Å²) in [4.78, 5) is 11.7. The first-order valence-corrected chi connectivity index (χ1v) is 5.11. The second-order valence-electron chi connectivity index (χ2n) is 2.81. The van der Waals surface area contributed by atoms with E-state index in [9.17, 15) is 4.79 Å². The molecule has 0 aliphatic carbocycles. The Morgan fingerprint density at radius 3 is 2.86 bits per heavy atom. The van der Waals surface area contributed by atoms with Crippen LogP contribution in [0.2, 0.25) is 0 Å². The zero-order valence-electron chi connectivity index (χ0n) is 7.40. The molecule has 0 atom stereocenters. The van der Waals surface area contributed by atoms with Gasteiger partial charge in [-0.15, -0.1) is 0 Å². The van der Waals surface area contributed by atoms with E-state index in [0.29, 0.717) is 23.6 Å². The maximum atomic E-state index is 11.7. The van der Waals surface area contributed by atoms with Gasteiger partial charge in [-0.25, -0.2) is 0 Å². The van der Waals surface area contributed by atoms with Gasteiger partial charge >= 0.3 is 0 Å². The highest BCUT2D eigenvalue weighted by Crippen LogP contribution is 2.15. The molecule has 0 aliphatic heterocycles. The molecule has 0 aliphatic rings. The summed E-state index contributed by atoms with van der Waals surface area (Å²) in [5.41, 5.74) is 6.04. The highest BCUT2D eigenvalue weighted by atomic mass is 32.1. The first-order valence-electron chi connectivity index (χ1n) is 4.17. The van der Waals surface area contributed by atoms with Crippen LogP contribution in [0.1, 0.15) is 21.9 Å². The predicted octanol–water partition coefficient (Wildman–Crippen LogP) is 2.03. The summed E-state index contributed by atoms with van der Waals surface area (Å²) in [5, 5.41) is 3.66. The van der Waals surface area contributed by atoms with E-state index in [1.165, 1.54) is 11.3 Å². The number of carbonyl (C=O) groups excluding carboxylic acids is 1. The predicted molar refractivity (Wildman–Crippen MR) is 54.4 cm³/mol. The highest BCUT2D eigenvalue weighted by molar-refractivity contribution is 7.08. The van der Waals surface area contributed by atoms with Crippen LogP contribution in [-0.4, -0.2) is 5.78 Å². The van der Waals surface area contributed by atoms with Crippen molar-refractivity contribution in [2.45, 2.75) is 6.54 Å². The third kappa shape index (κ3) is 1.62. The van der Waals surface area contributed by atoms with E-state index in [1.807, 2.05) is 5.38 Å². The van der Waals surface area contributed by atoms with Crippen LogP contribution in [0, 0.1) is 0 Å². The number of hydrogen-bond donors (Lipinski definition) is 1. The normalized spacial score (nSPS) is 10.4. The van der Waals surface area contributed by atoms with Crippen molar-refractivity contribution in [1.82, 2.24) is 0 Å². The highest BCUT2D eigenvalue weighted by Gasteiger charge is 2.13. The van der Waals surface area contributed by atoms with Crippen LogP contribution in [0.3, 0.4) is 0 Å². The van der Waals surface area contributed by atoms with Gasteiger partial charge in [-0.3, -0.25) is 4.79 Å². The van der Waals surface area contributed by atoms with Crippen LogP contribution < -0.4 is 5.73 Å². The SMILES string of the molecule is NCc1ccc(C(=O)c2ccsc2)o1. The fourth-order valence-electron chi connectivity index (χ4n) is 1.15. The Hall–Kier alpha value is -1.39. The Morgan fingerprint density at radius 2 is 2.29 bits per heavy atom. The van der Waals surface area contributed by atoms with E-state index in [1.54, 1.807) is 23.6 Å². The van der Waals surface area contributed by atoms with Gasteiger partial charge in [-0.05, 0) is 23.6 Å². The molecule has 2 aromatic heterocycles. The van der Waals surface area contributed by atoms with Crippen LogP contribution in [0.4, 0.5) is 0 Å². The van der Waals surface area contributed by atoms with Crippen molar-refractivity contribution >= 4 is 17.1 Å². The van der Waals surface area contributed by atoms with Gasteiger partial charge in [-0.2, -0.15) is 11.3 Å². The van der Waals surface area contributed by atoms with Crippen molar-refractivity contribution in [2.24, 2.45) is 5.73 Å². The van der Waals surface area contributed by atoms with E-state index in [-0.39, 0.29) is 5.78 Å². The van der Waals surface area contributed by atoms with Crippen LogP contribution in [0.25, 0.3) is 0 Å². The van der Waals surface area contributed by atoms with Crippen molar-refractivity contribution in [3.05, 3.63) is 46.0 Å². The molecule has 2 N–H and O–H groups in total. The van der Waals surface area contributed by atoms with Crippen molar-refractivity contribution in [3.8, 4) is 0 Å². The Kier molecular flexibility index (Phi) is 2.47. The monoisotopic (exact) mass is 207 g/mol. The van der Waals surface area contributed by atoms with Gasteiger partial charge in [0.15, 0.2) is 5.76 Å². The van der Waals surface area contributed by atoms with Gasteiger partial charge in [0, 0.05) is 10.9 Å². The van der Waals surface area contributed by atoms with Crippen LogP contribution >= 0.6 is 11.3 Å². The zero-order chi connectivity index (χ0) is 9.97. The molecule has 0 saturated carbocycles. The third-order valence-electron chi connectivity index (χ3n) is 1.87. The summed E-state index contributed by atoms with van der Waals surface area (Å²) in [5.74, 6) is 0.887. The van der Waals surface area contributed by atoms with Crippen molar-refractivity contribution < 1.29 is 9.21 Å². The van der Waals surface area contributed by atoms with Gasteiger partial charge in [0.05, 0.1) is 6.54 Å². The fourth-order valence-corrected chi connectivity index (χ4v) is 1.78. The fraction of sp³-hybridized carbons (Fsp3) is 0.100. The smallest absolute Gasteiger partial charge is 0.229 e. The number of thiophene rings is 1. The average molecular weight is 207 g/mol. The minimum absolute atomic E-state index is 0.0917. The Bertz CT molecular complexity index is 431. The summed E-state index contributed by atoms with van der Waals surface area (Å²) in [6, 6.07) is 5.15. The molecular formula is C10H9NO2S. The number of carbonyl (C=O) groups is 1. The molecule has 4 heteroatoms. The lowest BCUT2D eigenvalue weighted by Gasteiger charge is -1.92. The minimum atomic E-state index is -0.0917. The van der Waals surface area contributed by atoms with E-state index >= 15 is 0 Å². The first-order chi connectivity index (χ1) is 6.81. The quantitative estimate of drug-likeness (QED) is 0.783. The molecule has 0 aromatic carbocycles. The lowest BCUT2D eigenvalue weighted by molar-refractivity contribution is 0.101. The minimum Gasteiger partial charge on any atom is -0.456 e. The lowest BCUT2D eigenvalue weighted by atomic mass is 10.2. The van der Waals surface area contributed by atoms with Crippen molar-refractivity contribution in [3.63, 3.8) is 0 Å². The van der Waals surface area contributed by atoms with Gasteiger partial charge < -0.3 is 10.2 Å². The van der Waals surface area contributed by atoms with Crippen LogP contribution in [-0.2, 0) is 6.54 Å². The molecule has 72 valence electrons. The van der Waals surface area contributed by atoms with E-state index in [4.69, 9.17) is 10.2 Å². The van der Waals surface area contributed by atoms with Crippen LogP contribution in [0.15, 0.2) is 33.4 Å². The van der Waals surface area contributed by atoms with Gasteiger partial charge in [0.25, 0.3) is 0 Å². The molecule has 3 nitrogen and oxygen atoms in total. The van der Waals surface area contributed by atoms with Gasteiger partial charge in [0.2, 0.25) is 5.78 Å². The summed E-state index contributed by atoms with van der Waals surface area (Å²) in [7, 11) is 0. The number of ketones is 1. The van der Waals surface area contributed by atoms with Gasteiger partial charge in [0.1, 0.15) is 5.76 Å². The molecule has 0 radical (unpaired) electrons. The number of furan rings is 1. The Morgan fingerprint density at radius 1 is 1.43 bits per heavy atom. The molecule has 2 aromatic rings. The lowest BCUT2D eigenvalue weighted by Crippen LogP contribution is -1.97. The standard InChI is InChI=1S/C10H9NO2S/c11-5-8-1-2-9(13-8)10(12)7-3-4-14-6-7/h1-4,6H,5,11H2. The van der Waals surface area contributed by atoms with Gasteiger partial charge in [-0.1, -0.05) is 0 Å². The van der Waals surface area contributed by atoms with E-state index < -0.39 is 0 Å². The second kappa shape index (κ2) is 3.77. The molecule has 0 bridgehead atoms. The third-order valence-corrected chi connectivity index (χ3v) is 2.55. The summed E-state index contributed by atoms with van der Waals surface area (Å²) in [6.07, 6.45) is 0. The van der Waals surface area contributed by atoms with Crippen molar-refractivity contribution in [1.29, 1.82) is 0 Å². The Balaban J connectivity index is 2.28. The zero-order valence-corrected chi connectivity index (χ0v) is 8.21. The maximum absolute atomic E-state index is 11.7. The summed E-state index contributed by atoms with van der Waals surface area (Å²) >= 11 is 1.49. The molecule has 0 unspecified atom stereocenters. The number of rotatable bonds is 3. The molecule has 2 rings (SSSR count). The molecule has 14 heavy (non-hydrogen) atoms. The maximum Gasteiger partial charge on any atom is 0.229 e. The Labute approximate surface area is 85.2 Å². The van der Waals surface area contributed by atoms with Crippen molar-refractivity contribution in [2.75, 3.05) is 0 Å². The number of hydrogen-bond acceptors (Lipinski definition) is 4. The summed E-state index contributed by atoms with van der Waals surface area (Å²) in [6.45, 7) is 0.316. The second-order valence-corrected chi connectivity index (χ2v) is 3.59. The summed E-state index contributed by atoms with van der Waals surface area (Å²) < 4.78 is 5.25. The molecule has 0 amide bonds. The molecule has 0 spiro atoms.